The van der Waals surface area contributed by atoms with Crippen molar-refractivity contribution in [3.8, 4) is 0 Å². The lowest BCUT2D eigenvalue weighted by Gasteiger charge is -2.27. The van der Waals surface area contributed by atoms with Crippen molar-refractivity contribution >= 4 is 0 Å². The van der Waals surface area contributed by atoms with E-state index in [1.807, 2.05) is 6.92 Å². The number of alkyl halides is 3. The van der Waals surface area contributed by atoms with Crippen molar-refractivity contribution in [1.82, 2.24) is 15.5 Å². The molecule has 0 saturated heterocycles. The Bertz CT molecular complexity index is 425. The molecule has 1 N–H and O–H groups in total. The Hall–Kier alpha value is -1.11. The summed E-state index contributed by atoms with van der Waals surface area (Å²) in [7, 11) is 0. The normalized spacial score (nSPS) is 23.4. The molecule has 120 valence electrons. The Labute approximate surface area is 122 Å². The predicted molar refractivity (Wildman–Crippen MR) is 71.9 cm³/mol. The molecule has 0 atom stereocenters. The van der Waals surface area contributed by atoms with Crippen LogP contribution in [0, 0.1) is 5.92 Å². The third-order valence-electron chi connectivity index (χ3n) is 4.02. The van der Waals surface area contributed by atoms with E-state index >= 15 is 0 Å². The number of rotatable bonds is 6. The fourth-order valence-electron chi connectivity index (χ4n) is 2.74. The summed E-state index contributed by atoms with van der Waals surface area (Å²) in [5.41, 5.74) is 0. The van der Waals surface area contributed by atoms with Crippen LogP contribution in [0.5, 0.6) is 0 Å². The van der Waals surface area contributed by atoms with Gasteiger partial charge in [-0.2, -0.15) is 13.2 Å². The molecule has 7 heteroatoms. The number of aromatic nitrogens is 2. The van der Waals surface area contributed by atoms with Gasteiger partial charge in [-0.05, 0) is 45.2 Å². The van der Waals surface area contributed by atoms with Crippen LogP contribution in [0.15, 0.2) is 4.42 Å². The average Bonchev–Trinajstić information content (AvgIpc) is 2.92. The molecule has 0 aliphatic heterocycles. The zero-order chi connectivity index (χ0) is 15.3. The molecular weight excluding hydrogens is 283 g/mol. The van der Waals surface area contributed by atoms with Crippen LogP contribution in [-0.4, -0.2) is 29.5 Å². The van der Waals surface area contributed by atoms with Crippen molar-refractivity contribution < 1.29 is 17.6 Å². The summed E-state index contributed by atoms with van der Waals surface area (Å²) in [6.07, 6.45) is -1.18. The highest BCUT2D eigenvalue weighted by Crippen LogP contribution is 2.42. The van der Waals surface area contributed by atoms with Crippen molar-refractivity contribution in [2.45, 2.75) is 57.5 Å². The van der Waals surface area contributed by atoms with Gasteiger partial charge in [0, 0.05) is 12.3 Å². The molecule has 1 fully saturated rings. The van der Waals surface area contributed by atoms with Crippen LogP contribution >= 0.6 is 0 Å². The highest BCUT2D eigenvalue weighted by atomic mass is 19.4. The van der Waals surface area contributed by atoms with Crippen molar-refractivity contribution in [2.24, 2.45) is 5.92 Å². The number of hydrogen-bond acceptors (Lipinski definition) is 4. The second kappa shape index (κ2) is 7.24. The van der Waals surface area contributed by atoms with Crippen molar-refractivity contribution in [3.05, 3.63) is 11.8 Å². The first-order chi connectivity index (χ1) is 10.0. The Kier molecular flexibility index (Phi) is 5.61. The van der Waals surface area contributed by atoms with E-state index in [9.17, 15) is 13.2 Å². The molecule has 1 aromatic rings. The van der Waals surface area contributed by atoms with Gasteiger partial charge in [-0.3, -0.25) is 0 Å². The predicted octanol–water partition coefficient (Wildman–Crippen LogP) is 3.45. The van der Waals surface area contributed by atoms with Gasteiger partial charge in [0.25, 0.3) is 0 Å². The van der Waals surface area contributed by atoms with E-state index in [-0.39, 0.29) is 18.8 Å². The van der Waals surface area contributed by atoms with Gasteiger partial charge in [0.05, 0.1) is 5.92 Å². The maximum absolute atomic E-state index is 12.6. The molecule has 0 aromatic carbocycles. The lowest BCUT2D eigenvalue weighted by molar-refractivity contribution is -0.182. The monoisotopic (exact) mass is 305 g/mol. The zero-order valence-corrected chi connectivity index (χ0v) is 12.2. The van der Waals surface area contributed by atoms with Gasteiger partial charge in [-0.1, -0.05) is 6.92 Å². The second-order valence-electron chi connectivity index (χ2n) is 5.58. The molecule has 1 heterocycles. The summed E-state index contributed by atoms with van der Waals surface area (Å²) in [5, 5.41) is 11.2. The van der Waals surface area contributed by atoms with E-state index in [0.29, 0.717) is 31.0 Å². The summed E-state index contributed by atoms with van der Waals surface area (Å²) in [6.45, 7) is 3.87. The van der Waals surface area contributed by atoms with Crippen LogP contribution in [0.1, 0.15) is 56.7 Å². The molecule has 1 aliphatic rings. The minimum absolute atomic E-state index is 0.0152. The van der Waals surface area contributed by atoms with Gasteiger partial charge in [0.15, 0.2) is 0 Å². The molecule has 2 rings (SSSR count). The van der Waals surface area contributed by atoms with Gasteiger partial charge in [0.2, 0.25) is 11.8 Å². The molecule has 4 nitrogen and oxygen atoms in total. The molecule has 1 aromatic heterocycles. The summed E-state index contributed by atoms with van der Waals surface area (Å²) in [6, 6.07) is 0. The second-order valence-corrected chi connectivity index (χ2v) is 5.58. The number of hydrogen-bond donors (Lipinski definition) is 1. The molecular formula is C14H22F3N3O. The van der Waals surface area contributed by atoms with E-state index < -0.39 is 12.1 Å². The standard InChI is InChI=1S/C14H22F3N3O/c1-2-18-9-3-4-12-19-20-13(21-12)10-5-7-11(8-6-10)14(15,16)17/h10-11,18H,2-9H2,1H3. The minimum Gasteiger partial charge on any atom is -0.425 e. The van der Waals surface area contributed by atoms with E-state index in [1.54, 1.807) is 0 Å². The molecule has 0 unspecified atom stereocenters. The smallest absolute Gasteiger partial charge is 0.391 e. The summed E-state index contributed by atoms with van der Waals surface area (Å²) in [4.78, 5) is 0. The number of halogens is 3. The molecule has 0 spiro atoms. The van der Waals surface area contributed by atoms with Gasteiger partial charge in [-0.15, -0.1) is 10.2 Å². The van der Waals surface area contributed by atoms with Crippen LogP contribution in [-0.2, 0) is 6.42 Å². The van der Waals surface area contributed by atoms with Gasteiger partial charge in [-0.25, -0.2) is 0 Å². The first kappa shape index (κ1) is 16.3. The first-order valence-electron chi connectivity index (χ1n) is 7.60. The highest BCUT2D eigenvalue weighted by Gasteiger charge is 2.42. The third kappa shape index (κ3) is 4.69. The van der Waals surface area contributed by atoms with Crippen molar-refractivity contribution in [2.75, 3.05) is 13.1 Å². The van der Waals surface area contributed by atoms with E-state index in [0.717, 1.165) is 19.5 Å². The average molecular weight is 305 g/mol. The van der Waals surface area contributed by atoms with Crippen LogP contribution in [0.3, 0.4) is 0 Å². The number of nitrogens with one attached hydrogen (secondary N) is 1. The summed E-state index contributed by atoms with van der Waals surface area (Å²) in [5.74, 6) is -0.0928. The van der Waals surface area contributed by atoms with Gasteiger partial charge < -0.3 is 9.73 Å². The number of nitrogens with zero attached hydrogens (tertiary/aromatic N) is 2. The molecule has 0 radical (unpaired) electrons. The largest absolute Gasteiger partial charge is 0.425 e. The SMILES string of the molecule is CCNCCCc1nnc(C2CCC(C(F)(F)F)CC2)o1. The minimum atomic E-state index is -4.07. The Balaban J connectivity index is 1.80. The maximum Gasteiger partial charge on any atom is 0.391 e. The Morgan fingerprint density at radius 1 is 1.19 bits per heavy atom. The zero-order valence-electron chi connectivity index (χ0n) is 12.2. The molecule has 1 saturated carbocycles. The lowest BCUT2D eigenvalue weighted by Crippen LogP contribution is -2.27. The summed E-state index contributed by atoms with van der Waals surface area (Å²) < 4.78 is 43.5. The van der Waals surface area contributed by atoms with Crippen LogP contribution < -0.4 is 5.32 Å². The number of aryl methyl sites for hydroxylation is 1. The highest BCUT2D eigenvalue weighted by molar-refractivity contribution is 4.95. The molecule has 21 heavy (non-hydrogen) atoms. The van der Waals surface area contributed by atoms with Crippen LogP contribution in [0.25, 0.3) is 0 Å². The van der Waals surface area contributed by atoms with Crippen molar-refractivity contribution in [1.29, 1.82) is 0 Å². The third-order valence-corrected chi connectivity index (χ3v) is 4.02. The Morgan fingerprint density at radius 2 is 1.90 bits per heavy atom. The van der Waals surface area contributed by atoms with Gasteiger partial charge in [0.1, 0.15) is 0 Å². The van der Waals surface area contributed by atoms with E-state index in [4.69, 9.17) is 4.42 Å². The molecule has 0 bridgehead atoms. The van der Waals surface area contributed by atoms with Crippen LogP contribution in [0.4, 0.5) is 13.2 Å². The fourth-order valence-corrected chi connectivity index (χ4v) is 2.74. The fraction of sp³-hybridized carbons (Fsp3) is 0.857. The molecule has 0 amide bonds. The maximum atomic E-state index is 12.6. The van der Waals surface area contributed by atoms with E-state index in [1.165, 1.54) is 0 Å². The first-order valence-corrected chi connectivity index (χ1v) is 7.60. The van der Waals surface area contributed by atoms with E-state index in [2.05, 4.69) is 15.5 Å². The molecule has 1 aliphatic carbocycles. The van der Waals surface area contributed by atoms with Gasteiger partial charge >= 0.3 is 6.18 Å². The van der Waals surface area contributed by atoms with Crippen LogP contribution in [0.2, 0.25) is 0 Å². The Morgan fingerprint density at radius 3 is 2.52 bits per heavy atom. The van der Waals surface area contributed by atoms with Crippen molar-refractivity contribution in [3.63, 3.8) is 0 Å². The lowest BCUT2D eigenvalue weighted by atomic mass is 9.81. The summed E-state index contributed by atoms with van der Waals surface area (Å²) >= 11 is 0. The quantitative estimate of drug-likeness (QED) is 0.818. The topological polar surface area (TPSA) is 51.0 Å².